The Labute approximate surface area is 177 Å². The fourth-order valence-corrected chi connectivity index (χ4v) is 6.57. The molecule has 2 aromatic rings. The van der Waals surface area contributed by atoms with Crippen molar-refractivity contribution in [1.82, 2.24) is 8.61 Å². The van der Waals surface area contributed by atoms with Gasteiger partial charge >= 0.3 is 0 Å². The van der Waals surface area contributed by atoms with Crippen molar-refractivity contribution < 1.29 is 21.2 Å². The quantitative estimate of drug-likeness (QED) is 0.619. The molecule has 6 nitrogen and oxygen atoms in total. The standard InChI is InChI=1S/C16H14Cl3FN2O4S2/c17-13-9-15(19)16(10-14(13)18)28(25,26)22-7-5-21(6-8-22)27(23,24)12-3-1-11(20)2-4-12/h1-4,9-10H,5-8H2. The van der Waals surface area contributed by atoms with E-state index >= 15 is 0 Å². The summed E-state index contributed by atoms with van der Waals surface area (Å²) in [5.41, 5.74) is 0. The molecule has 0 saturated carbocycles. The molecular weight excluding hydrogens is 474 g/mol. The molecule has 28 heavy (non-hydrogen) atoms. The fraction of sp³-hybridized carbons (Fsp3) is 0.250. The van der Waals surface area contributed by atoms with Crippen LogP contribution in [0.5, 0.6) is 0 Å². The number of rotatable bonds is 4. The first kappa shape index (κ1) is 21.8. The summed E-state index contributed by atoms with van der Waals surface area (Å²) < 4.78 is 66.3. The van der Waals surface area contributed by atoms with Gasteiger partial charge in [0, 0.05) is 26.2 Å². The molecule has 1 aliphatic heterocycles. The Kier molecular flexibility index (Phi) is 6.26. The van der Waals surface area contributed by atoms with Gasteiger partial charge in [-0.2, -0.15) is 8.61 Å². The molecule has 0 aliphatic carbocycles. The zero-order valence-corrected chi connectivity index (χ0v) is 18.0. The highest BCUT2D eigenvalue weighted by Crippen LogP contribution is 2.33. The smallest absolute Gasteiger partial charge is 0.207 e. The summed E-state index contributed by atoms with van der Waals surface area (Å²) in [5, 5.41) is 0.0961. The van der Waals surface area contributed by atoms with E-state index in [2.05, 4.69) is 0 Å². The molecule has 0 bridgehead atoms. The van der Waals surface area contributed by atoms with Gasteiger partial charge in [-0.1, -0.05) is 34.8 Å². The first-order valence-corrected chi connectivity index (χ1v) is 12.0. The van der Waals surface area contributed by atoms with E-state index < -0.39 is 25.9 Å². The predicted octanol–water partition coefficient (Wildman–Crippen LogP) is 3.48. The lowest BCUT2D eigenvalue weighted by Crippen LogP contribution is -2.50. The molecule has 0 N–H and O–H groups in total. The third-order valence-electron chi connectivity index (χ3n) is 4.24. The molecule has 1 heterocycles. The van der Waals surface area contributed by atoms with E-state index in [9.17, 15) is 21.2 Å². The van der Waals surface area contributed by atoms with E-state index in [1.54, 1.807) is 0 Å². The van der Waals surface area contributed by atoms with Crippen LogP contribution < -0.4 is 0 Å². The predicted molar refractivity (Wildman–Crippen MR) is 105 cm³/mol. The molecule has 0 atom stereocenters. The van der Waals surface area contributed by atoms with Crippen LogP contribution in [0, 0.1) is 5.82 Å². The summed E-state index contributed by atoms with van der Waals surface area (Å²) in [6, 6.07) is 6.86. The van der Waals surface area contributed by atoms with Crippen molar-refractivity contribution in [2.45, 2.75) is 9.79 Å². The Hall–Kier alpha value is -0.940. The molecule has 1 saturated heterocycles. The van der Waals surface area contributed by atoms with Crippen LogP contribution in [0.25, 0.3) is 0 Å². The maximum Gasteiger partial charge on any atom is 0.244 e. The molecule has 0 spiro atoms. The molecule has 152 valence electrons. The summed E-state index contributed by atoms with van der Waals surface area (Å²) in [4.78, 5) is -0.254. The molecular formula is C16H14Cl3FN2O4S2. The number of hydrogen-bond donors (Lipinski definition) is 0. The van der Waals surface area contributed by atoms with Gasteiger partial charge in [0.05, 0.1) is 20.0 Å². The van der Waals surface area contributed by atoms with E-state index in [4.69, 9.17) is 34.8 Å². The third-order valence-corrected chi connectivity index (χ3v) is 9.24. The van der Waals surface area contributed by atoms with Crippen molar-refractivity contribution in [1.29, 1.82) is 0 Å². The average Bonchev–Trinajstić information content (AvgIpc) is 2.65. The van der Waals surface area contributed by atoms with Gasteiger partial charge in [0.2, 0.25) is 20.0 Å². The van der Waals surface area contributed by atoms with E-state index in [-0.39, 0.29) is 51.0 Å². The van der Waals surface area contributed by atoms with E-state index in [1.165, 1.54) is 24.3 Å². The Morgan fingerprint density at radius 2 is 1.18 bits per heavy atom. The van der Waals surface area contributed by atoms with Gasteiger partial charge in [-0.15, -0.1) is 0 Å². The van der Waals surface area contributed by atoms with E-state index in [0.29, 0.717) is 0 Å². The minimum absolute atomic E-state index is 0.0437. The molecule has 1 aliphatic rings. The Bertz CT molecular complexity index is 1100. The van der Waals surface area contributed by atoms with E-state index in [0.717, 1.165) is 20.7 Å². The molecule has 12 heteroatoms. The third kappa shape index (κ3) is 4.16. The Morgan fingerprint density at radius 3 is 1.71 bits per heavy atom. The van der Waals surface area contributed by atoms with Gasteiger partial charge in [0.25, 0.3) is 0 Å². The average molecular weight is 488 g/mol. The van der Waals surface area contributed by atoms with Crippen molar-refractivity contribution in [2.75, 3.05) is 26.2 Å². The number of piperazine rings is 1. The highest BCUT2D eigenvalue weighted by Gasteiger charge is 2.35. The van der Waals surface area contributed by atoms with Gasteiger partial charge < -0.3 is 0 Å². The summed E-state index contributed by atoms with van der Waals surface area (Å²) in [6.07, 6.45) is 0. The van der Waals surface area contributed by atoms with Gasteiger partial charge in [0.15, 0.2) is 0 Å². The highest BCUT2D eigenvalue weighted by atomic mass is 35.5. The summed E-state index contributed by atoms with van der Waals surface area (Å²) in [6.45, 7) is -0.256. The topological polar surface area (TPSA) is 74.8 Å². The maximum absolute atomic E-state index is 13.0. The molecule has 0 unspecified atom stereocenters. The minimum Gasteiger partial charge on any atom is -0.207 e. The summed E-state index contributed by atoms with van der Waals surface area (Å²) in [7, 11) is -7.84. The largest absolute Gasteiger partial charge is 0.244 e. The van der Waals surface area contributed by atoms with Crippen LogP contribution in [0.15, 0.2) is 46.2 Å². The van der Waals surface area contributed by atoms with Crippen LogP contribution in [-0.2, 0) is 20.0 Å². The lowest BCUT2D eigenvalue weighted by Gasteiger charge is -2.33. The van der Waals surface area contributed by atoms with E-state index in [1.807, 2.05) is 0 Å². The van der Waals surface area contributed by atoms with Crippen molar-refractivity contribution in [3.63, 3.8) is 0 Å². The summed E-state index contributed by atoms with van der Waals surface area (Å²) >= 11 is 17.8. The lowest BCUT2D eigenvalue weighted by molar-refractivity contribution is 0.273. The van der Waals surface area contributed by atoms with Gasteiger partial charge in [-0.25, -0.2) is 21.2 Å². The lowest BCUT2D eigenvalue weighted by atomic mass is 10.4. The number of hydrogen-bond acceptors (Lipinski definition) is 4. The number of nitrogens with zero attached hydrogens (tertiary/aromatic N) is 2. The van der Waals surface area contributed by atoms with Gasteiger partial charge in [-0.05, 0) is 36.4 Å². The minimum atomic E-state index is -3.98. The second kappa shape index (κ2) is 8.06. The number of benzene rings is 2. The molecule has 0 radical (unpaired) electrons. The Morgan fingerprint density at radius 1 is 0.714 bits per heavy atom. The van der Waals surface area contributed by atoms with Crippen molar-refractivity contribution in [3.05, 3.63) is 57.3 Å². The second-order valence-electron chi connectivity index (χ2n) is 5.96. The maximum atomic E-state index is 13.0. The van der Waals surface area contributed by atoms with Crippen molar-refractivity contribution in [2.24, 2.45) is 0 Å². The number of sulfonamides is 2. The molecule has 2 aromatic carbocycles. The number of halogens is 4. The second-order valence-corrected chi connectivity index (χ2v) is 11.0. The van der Waals surface area contributed by atoms with Crippen LogP contribution in [-0.4, -0.2) is 51.6 Å². The molecule has 0 aromatic heterocycles. The zero-order chi connectivity index (χ0) is 20.7. The molecule has 3 rings (SSSR count). The Balaban J connectivity index is 1.80. The monoisotopic (exact) mass is 486 g/mol. The molecule has 0 amide bonds. The first-order chi connectivity index (χ1) is 13.0. The van der Waals surface area contributed by atoms with Crippen LogP contribution in [0.4, 0.5) is 4.39 Å². The van der Waals surface area contributed by atoms with Crippen molar-refractivity contribution >= 4 is 54.8 Å². The summed E-state index contributed by atoms with van der Waals surface area (Å²) in [5.74, 6) is -0.548. The van der Waals surface area contributed by atoms with Crippen LogP contribution in [0.1, 0.15) is 0 Å². The zero-order valence-electron chi connectivity index (χ0n) is 14.1. The first-order valence-electron chi connectivity index (χ1n) is 7.94. The van der Waals surface area contributed by atoms with Crippen LogP contribution >= 0.6 is 34.8 Å². The SMILES string of the molecule is O=S(=O)(c1ccc(F)cc1)N1CCN(S(=O)(=O)c2cc(Cl)c(Cl)cc2Cl)CC1. The fourth-order valence-electron chi connectivity index (χ4n) is 2.75. The normalized spacial score (nSPS) is 17.0. The van der Waals surface area contributed by atoms with Crippen molar-refractivity contribution in [3.8, 4) is 0 Å². The van der Waals surface area contributed by atoms with Gasteiger partial charge in [0.1, 0.15) is 10.7 Å². The van der Waals surface area contributed by atoms with Crippen LogP contribution in [0.2, 0.25) is 15.1 Å². The highest BCUT2D eigenvalue weighted by molar-refractivity contribution is 7.89. The van der Waals surface area contributed by atoms with Crippen LogP contribution in [0.3, 0.4) is 0 Å². The van der Waals surface area contributed by atoms with Gasteiger partial charge in [-0.3, -0.25) is 0 Å². The molecule has 1 fully saturated rings.